The number of piperazine rings is 1. The van der Waals surface area contributed by atoms with E-state index in [1.807, 2.05) is 24.3 Å². The van der Waals surface area contributed by atoms with Crippen LogP contribution in [0.5, 0.6) is 5.75 Å². The Hall–Kier alpha value is -4.16. The average molecular weight is 769 g/mol. The van der Waals surface area contributed by atoms with Gasteiger partial charge in [-0.15, -0.1) is 0 Å². The standard InChI is InChI=1S/C39H41BrF3N3O5/c40-31-16-13-27(41)20-34(31)51-19-3-4-24-9-11-25(12-10-24)30-21-28-22-45(35(47)7-2-8-36(48)49)23-33(44-28)37(30)39(50)46(29-14-15-29)18-17-26-5-1-6-32(42)38(26)43/h1,5-6,9-13,16,20,28-29,33,44H,2-4,7-8,14-15,17-19,21-23H2,(H,48,49)/t28-,33-/m1/s1. The van der Waals surface area contributed by atoms with Crippen LogP contribution >= 0.6 is 15.9 Å². The first-order valence-corrected chi connectivity index (χ1v) is 18.3. The smallest absolute Gasteiger partial charge is 0.303 e. The molecule has 51 heavy (non-hydrogen) atoms. The molecule has 1 saturated heterocycles. The summed E-state index contributed by atoms with van der Waals surface area (Å²) in [4.78, 5) is 42.3. The van der Waals surface area contributed by atoms with Crippen molar-refractivity contribution in [1.82, 2.24) is 15.1 Å². The van der Waals surface area contributed by atoms with Crippen molar-refractivity contribution in [2.45, 2.75) is 75.9 Å². The van der Waals surface area contributed by atoms with Crippen LogP contribution in [0.2, 0.25) is 0 Å². The minimum atomic E-state index is -0.949. The van der Waals surface area contributed by atoms with Gasteiger partial charge in [-0.05, 0) is 101 Å². The van der Waals surface area contributed by atoms with Crippen LogP contribution in [-0.2, 0) is 27.2 Å². The maximum Gasteiger partial charge on any atom is 0.303 e. The first kappa shape index (κ1) is 36.6. The zero-order valence-corrected chi connectivity index (χ0v) is 29.8. The second-order valence-electron chi connectivity index (χ2n) is 13.5. The van der Waals surface area contributed by atoms with Gasteiger partial charge in [0.2, 0.25) is 5.91 Å². The van der Waals surface area contributed by atoms with Gasteiger partial charge in [-0.3, -0.25) is 14.4 Å². The molecule has 0 radical (unpaired) electrons. The largest absolute Gasteiger partial charge is 0.492 e. The number of benzene rings is 3. The Morgan fingerprint density at radius 2 is 1.75 bits per heavy atom. The van der Waals surface area contributed by atoms with Gasteiger partial charge >= 0.3 is 5.97 Å². The van der Waals surface area contributed by atoms with E-state index in [-0.39, 0.29) is 74.1 Å². The lowest BCUT2D eigenvalue weighted by Gasteiger charge is -2.45. The SMILES string of the molecule is O=C(O)CCCC(=O)N1C[C@H]2CC(c3ccc(CCCOc4cc(F)ccc4Br)cc3)=C(C(=O)N(CCc3cccc(F)c3F)C3CC3)[C@@H](C1)N2. The van der Waals surface area contributed by atoms with E-state index < -0.39 is 23.6 Å². The van der Waals surface area contributed by atoms with Crippen molar-refractivity contribution in [3.05, 3.63) is 105 Å². The van der Waals surface area contributed by atoms with Crippen molar-refractivity contribution in [3.8, 4) is 5.75 Å². The van der Waals surface area contributed by atoms with E-state index in [0.29, 0.717) is 41.8 Å². The third-order valence-corrected chi connectivity index (χ3v) is 10.4. The molecule has 2 bridgehead atoms. The number of nitrogens with zero attached hydrogens (tertiary/aromatic N) is 2. The summed E-state index contributed by atoms with van der Waals surface area (Å²) in [7, 11) is 0. The molecule has 3 aromatic carbocycles. The molecule has 0 aromatic heterocycles. The van der Waals surface area contributed by atoms with Gasteiger partial charge in [-0.1, -0.05) is 36.4 Å². The van der Waals surface area contributed by atoms with E-state index in [2.05, 4.69) is 21.2 Å². The zero-order chi connectivity index (χ0) is 36.1. The summed E-state index contributed by atoms with van der Waals surface area (Å²) in [5.41, 5.74) is 3.68. The molecule has 3 aromatic rings. The molecule has 1 aliphatic carbocycles. The van der Waals surface area contributed by atoms with E-state index in [1.165, 1.54) is 24.3 Å². The first-order chi connectivity index (χ1) is 24.6. The maximum atomic E-state index is 14.6. The van der Waals surface area contributed by atoms with Gasteiger partial charge in [0.25, 0.3) is 5.91 Å². The van der Waals surface area contributed by atoms with Crippen molar-refractivity contribution < 1.29 is 37.4 Å². The lowest BCUT2D eigenvalue weighted by atomic mass is 9.82. The number of hydrogen-bond donors (Lipinski definition) is 2. The van der Waals surface area contributed by atoms with Gasteiger partial charge in [0.1, 0.15) is 11.6 Å². The Balaban J connectivity index is 1.22. The van der Waals surface area contributed by atoms with Crippen LogP contribution < -0.4 is 10.1 Å². The number of carboxylic acids is 1. The minimum Gasteiger partial charge on any atom is -0.492 e. The van der Waals surface area contributed by atoms with Gasteiger partial charge in [0.15, 0.2) is 11.6 Å². The molecule has 0 spiro atoms. The number of nitrogens with one attached hydrogen (secondary N) is 1. The van der Waals surface area contributed by atoms with Gasteiger partial charge in [0, 0.05) is 56.2 Å². The number of aliphatic carboxylic acids is 1. The molecule has 2 amide bonds. The number of hydrogen-bond acceptors (Lipinski definition) is 5. The van der Waals surface area contributed by atoms with Crippen LogP contribution in [0.3, 0.4) is 0 Å². The summed E-state index contributed by atoms with van der Waals surface area (Å²) < 4.78 is 48.6. The number of amides is 2. The molecular weight excluding hydrogens is 727 g/mol. The van der Waals surface area contributed by atoms with Crippen molar-refractivity contribution in [2.24, 2.45) is 0 Å². The molecule has 1 saturated carbocycles. The molecular formula is C39H41BrF3N3O5. The molecule has 12 heteroatoms. The average Bonchev–Trinajstić information content (AvgIpc) is 3.95. The minimum absolute atomic E-state index is 0.00413. The summed E-state index contributed by atoms with van der Waals surface area (Å²) in [6.45, 7) is 1.34. The van der Waals surface area contributed by atoms with Crippen LogP contribution in [0.15, 0.2) is 70.7 Å². The van der Waals surface area contributed by atoms with Crippen LogP contribution in [0.1, 0.15) is 61.6 Å². The van der Waals surface area contributed by atoms with Crippen molar-refractivity contribution in [1.29, 1.82) is 0 Å². The van der Waals surface area contributed by atoms with E-state index in [1.54, 1.807) is 15.9 Å². The predicted octanol–water partition coefficient (Wildman–Crippen LogP) is 6.69. The lowest BCUT2D eigenvalue weighted by Crippen LogP contribution is -2.62. The molecule has 8 nitrogen and oxygen atoms in total. The molecule has 2 heterocycles. The molecule has 2 fully saturated rings. The summed E-state index contributed by atoms with van der Waals surface area (Å²) in [5, 5.41) is 12.6. The molecule has 2 aliphatic heterocycles. The van der Waals surface area contributed by atoms with Crippen molar-refractivity contribution in [3.63, 3.8) is 0 Å². The Labute approximate surface area is 303 Å². The molecule has 270 valence electrons. The normalized spacial score (nSPS) is 18.5. The Kier molecular flexibility index (Phi) is 11.8. The molecule has 2 N–H and O–H groups in total. The van der Waals surface area contributed by atoms with E-state index in [4.69, 9.17) is 9.84 Å². The zero-order valence-electron chi connectivity index (χ0n) is 28.2. The van der Waals surface area contributed by atoms with E-state index >= 15 is 0 Å². The summed E-state index contributed by atoms with van der Waals surface area (Å²) in [6, 6.07) is 15.9. The first-order valence-electron chi connectivity index (χ1n) is 17.5. The monoisotopic (exact) mass is 767 g/mol. The molecule has 6 rings (SSSR count). The van der Waals surface area contributed by atoms with Crippen LogP contribution in [0.25, 0.3) is 5.57 Å². The Morgan fingerprint density at radius 1 is 0.961 bits per heavy atom. The summed E-state index contributed by atoms with van der Waals surface area (Å²) in [5.74, 6) is -3.00. The third kappa shape index (κ3) is 9.20. The van der Waals surface area contributed by atoms with Crippen molar-refractivity contribution >= 4 is 39.3 Å². The third-order valence-electron chi connectivity index (χ3n) is 9.73. The fourth-order valence-corrected chi connectivity index (χ4v) is 7.37. The highest BCUT2D eigenvalue weighted by Crippen LogP contribution is 2.37. The predicted molar refractivity (Wildman–Crippen MR) is 189 cm³/mol. The molecule has 3 aliphatic rings. The summed E-state index contributed by atoms with van der Waals surface area (Å²) in [6.07, 6.45) is 4.03. The maximum absolute atomic E-state index is 14.6. The van der Waals surface area contributed by atoms with E-state index in [9.17, 15) is 27.6 Å². The number of aryl methyl sites for hydroxylation is 1. The quantitative estimate of drug-likeness (QED) is 0.167. The van der Waals surface area contributed by atoms with Gasteiger partial charge in [0.05, 0.1) is 17.1 Å². The second kappa shape index (κ2) is 16.5. The highest BCUT2D eigenvalue weighted by atomic mass is 79.9. The number of carbonyl (C=O) groups excluding carboxylic acids is 2. The number of ether oxygens (including phenoxy) is 1. The van der Waals surface area contributed by atoms with E-state index in [0.717, 1.165) is 42.0 Å². The Morgan fingerprint density at radius 3 is 2.49 bits per heavy atom. The number of fused-ring (bicyclic) bond motifs is 2. The fourth-order valence-electron chi connectivity index (χ4n) is 7.01. The Bertz CT molecular complexity index is 1800. The second-order valence-corrected chi connectivity index (χ2v) is 14.3. The van der Waals surface area contributed by atoms with Crippen LogP contribution in [-0.4, -0.2) is 77.1 Å². The highest BCUT2D eigenvalue weighted by molar-refractivity contribution is 9.10. The number of halogens is 4. The number of carboxylic acid groups (broad SMARTS) is 1. The molecule has 0 unspecified atom stereocenters. The van der Waals surface area contributed by atoms with Crippen molar-refractivity contribution in [2.75, 3.05) is 26.2 Å². The van der Waals surface area contributed by atoms with Gasteiger partial charge < -0.3 is 25.0 Å². The van der Waals surface area contributed by atoms with Gasteiger partial charge in [-0.25, -0.2) is 13.2 Å². The van der Waals surface area contributed by atoms with Gasteiger partial charge in [-0.2, -0.15) is 0 Å². The summed E-state index contributed by atoms with van der Waals surface area (Å²) >= 11 is 3.38. The fraction of sp³-hybridized carbons (Fsp3) is 0.410. The lowest BCUT2D eigenvalue weighted by molar-refractivity contribution is -0.138. The number of rotatable bonds is 15. The topological polar surface area (TPSA) is 99.2 Å². The number of carbonyl (C=O) groups is 3. The molecule has 2 atom stereocenters. The van der Waals surface area contributed by atoms with Crippen LogP contribution in [0, 0.1) is 17.5 Å². The van der Waals surface area contributed by atoms with Crippen LogP contribution in [0.4, 0.5) is 13.2 Å². The highest BCUT2D eigenvalue weighted by Gasteiger charge is 2.43.